The molecule has 0 amide bonds. The minimum absolute atomic E-state index is 0.112. The second-order valence-corrected chi connectivity index (χ2v) is 6.59. The number of hydrogen-bond acceptors (Lipinski definition) is 2. The van der Waals surface area contributed by atoms with Crippen molar-refractivity contribution in [3.05, 3.63) is 23.8 Å². The number of allylic oxidation sites excluding steroid dienone is 2. The van der Waals surface area contributed by atoms with Crippen LogP contribution < -0.4 is 0 Å². The van der Waals surface area contributed by atoms with Gasteiger partial charge >= 0.3 is 5.97 Å². The fourth-order valence-electron chi connectivity index (χ4n) is 3.71. The van der Waals surface area contributed by atoms with Crippen LogP contribution in [0.4, 0.5) is 0 Å². The van der Waals surface area contributed by atoms with Gasteiger partial charge in [0.25, 0.3) is 0 Å². The number of carbonyl (C=O) groups is 1. The lowest BCUT2D eigenvalue weighted by Gasteiger charge is -2.22. The van der Waals surface area contributed by atoms with Gasteiger partial charge in [-0.25, -0.2) is 4.79 Å². The summed E-state index contributed by atoms with van der Waals surface area (Å²) in [5, 5.41) is 0. The molecular weight excluding hydrogens is 224 g/mol. The lowest BCUT2D eigenvalue weighted by atomic mass is 9.84. The summed E-state index contributed by atoms with van der Waals surface area (Å²) in [5.74, 6) is 0.670. The first kappa shape index (κ1) is 12.0. The van der Waals surface area contributed by atoms with Gasteiger partial charge in [0.15, 0.2) is 0 Å². The first-order valence-corrected chi connectivity index (χ1v) is 7.07. The largest absolute Gasteiger partial charge is 0.458 e. The standard InChI is InChI=1S/C16H22O2/c1-10-5-4-8-16(3)9-13(16)14-12(7-6-10)11(2)15(17)18-14/h5,12-14H,2,4,6-9H2,1,3H3/b10-5+/t12-,13?,14-,16-/m0/s1. The molecule has 0 spiro atoms. The Kier molecular flexibility index (Phi) is 2.65. The van der Waals surface area contributed by atoms with E-state index < -0.39 is 0 Å². The minimum Gasteiger partial charge on any atom is -0.458 e. The van der Waals surface area contributed by atoms with Gasteiger partial charge in [0.2, 0.25) is 0 Å². The van der Waals surface area contributed by atoms with Gasteiger partial charge in [-0.2, -0.15) is 0 Å². The van der Waals surface area contributed by atoms with Gasteiger partial charge in [-0.05, 0) is 44.4 Å². The highest BCUT2D eigenvalue weighted by Crippen LogP contribution is 2.61. The average Bonchev–Trinajstić information content (AvgIpc) is 2.90. The first-order chi connectivity index (χ1) is 8.51. The SMILES string of the molecule is C=C1C(=O)O[C@@H]2C3C[C@]3(C)CC/C=C(\C)CC[C@@H]12. The molecule has 0 radical (unpaired) electrons. The molecule has 0 aromatic carbocycles. The highest BCUT2D eigenvalue weighted by atomic mass is 16.6. The lowest BCUT2D eigenvalue weighted by Crippen LogP contribution is -2.23. The monoisotopic (exact) mass is 246 g/mol. The number of fused-ring (bicyclic) bond motifs is 3. The summed E-state index contributed by atoms with van der Waals surface area (Å²) in [6, 6.07) is 0. The molecule has 0 aromatic heterocycles. The molecule has 98 valence electrons. The molecule has 1 heterocycles. The van der Waals surface area contributed by atoms with Crippen LogP contribution in [0.2, 0.25) is 0 Å². The summed E-state index contributed by atoms with van der Waals surface area (Å²) < 4.78 is 5.61. The van der Waals surface area contributed by atoms with Crippen molar-refractivity contribution >= 4 is 5.97 Å². The van der Waals surface area contributed by atoms with E-state index in [1.165, 1.54) is 24.8 Å². The summed E-state index contributed by atoms with van der Waals surface area (Å²) in [5.41, 5.74) is 2.55. The maximum absolute atomic E-state index is 11.8. The van der Waals surface area contributed by atoms with Crippen LogP contribution in [0.3, 0.4) is 0 Å². The van der Waals surface area contributed by atoms with Crippen molar-refractivity contribution in [2.24, 2.45) is 17.3 Å². The van der Waals surface area contributed by atoms with Crippen LogP contribution in [-0.2, 0) is 9.53 Å². The summed E-state index contributed by atoms with van der Waals surface area (Å²) in [4.78, 5) is 11.8. The molecule has 3 rings (SSSR count). The van der Waals surface area contributed by atoms with Gasteiger partial charge < -0.3 is 4.74 Å². The van der Waals surface area contributed by atoms with Crippen molar-refractivity contribution in [2.45, 2.75) is 52.1 Å². The van der Waals surface area contributed by atoms with Gasteiger partial charge in [-0.3, -0.25) is 0 Å². The Balaban J connectivity index is 1.87. The fraction of sp³-hybridized carbons (Fsp3) is 0.688. The zero-order valence-electron chi connectivity index (χ0n) is 11.4. The molecule has 2 heteroatoms. The molecule has 0 aromatic rings. The molecule has 2 aliphatic carbocycles. The predicted octanol–water partition coefficient (Wildman–Crippen LogP) is 3.63. The van der Waals surface area contributed by atoms with Crippen LogP contribution in [-0.4, -0.2) is 12.1 Å². The second kappa shape index (κ2) is 3.97. The van der Waals surface area contributed by atoms with E-state index >= 15 is 0 Å². The molecule has 3 aliphatic rings. The summed E-state index contributed by atoms with van der Waals surface area (Å²) >= 11 is 0. The number of carbonyl (C=O) groups excluding carboxylic acids is 1. The maximum atomic E-state index is 11.8. The van der Waals surface area contributed by atoms with E-state index in [1.807, 2.05) is 0 Å². The Morgan fingerprint density at radius 3 is 3.06 bits per heavy atom. The Morgan fingerprint density at radius 2 is 2.28 bits per heavy atom. The molecule has 2 nitrogen and oxygen atoms in total. The van der Waals surface area contributed by atoms with E-state index in [0.29, 0.717) is 16.9 Å². The van der Waals surface area contributed by atoms with E-state index in [-0.39, 0.29) is 18.0 Å². The molecular formula is C16H22O2. The van der Waals surface area contributed by atoms with E-state index in [4.69, 9.17) is 4.74 Å². The smallest absolute Gasteiger partial charge is 0.334 e. The van der Waals surface area contributed by atoms with Crippen molar-refractivity contribution in [3.8, 4) is 0 Å². The molecule has 2 fully saturated rings. The van der Waals surface area contributed by atoms with Crippen LogP contribution in [0.15, 0.2) is 23.8 Å². The van der Waals surface area contributed by atoms with Gasteiger partial charge in [0.1, 0.15) is 6.10 Å². The molecule has 0 N–H and O–H groups in total. The number of ether oxygens (including phenoxy) is 1. The lowest BCUT2D eigenvalue weighted by molar-refractivity contribution is -0.140. The van der Waals surface area contributed by atoms with Crippen LogP contribution in [0.1, 0.15) is 46.0 Å². The van der Waals surface area contributed by atoms with Crippen LogP contribution in [0, 0.1) is 17.3 Å². The zero-order chi connectivity index (χ0) is 12.9. The molecule has 1 unspecified atom stereocenters. The molecule has 4 atom stereocenters. The zero-order valence-corrected chi connectivity index (χ0v) is 11.4. The quantitative estimate of drug-likeness (QED) is 0.370. The Labute approximate surface area is 109 Å². The molecule has 0 bridgehead atoms. The Morgan fingerprint density at radius 1 is 1.50 bits per heavy atom. The van der Waals surface area contributed by atoms with E-state index in [1.54, 1.807) is 0 Å². The van der Waals surface area contributed by atoms with E-state index in [2.05, 4.69) is 26.5 Å². The third-order valence-electron chi connectivity index (χ3n) is 5.23. The van der Waals surface area contributed by atoms with Crippen molar-refractivity contribution in [2.75, 3.05) is 0 Å². The van der Waals surface area contributed by atoms with Crippen LogP contribution >= 0.6 is 0 Å². The van der Waals surface area contributed by atoms with Gasteiger partial charge in [-0.15, -0.1) is 0 Å². The number of hydrogen-bond donors (Lipinski definition) is 0. The third kappa shape index (κ3) is 1.82. The Hall–Kier alpha value is -1.05. The third-order valence-corrected chi connectivity index (χ3v) is 5.23. The minimum atomic E-state index is -0.153. The van der Waals surface area contributed by atoms with E-state index in [9.17, 15) is 4.79 Å². The number of rotatable bonds is 0. The second-order valence-electron chi connectivity index (χ2n) is 6.59. The normalized spacial score (nSPS) is 46.6. The fourth-order valence-corrected chi connectivity index (χ4v) is 3.71. The molecule has 1 aliphatic heterocycles. The van der Waals surface area contributed by atoms with Crippen molar-refractivity contribution < 1.29 is 9.53 Å². The molecule has 1 saturated heterocycles. The number of esters is 1. The summed E-state index contributed by atoms with van der Waals surface area (Å²) in [7, 11) is 0. The first-order valence-electron chi connectivity index (χ1n) is 7.07. The average molecular weight is 246 g/mol. The summed E-state index contributed by atoms with van der Waals surface area (Å²) in [6.45, 7) is 8.49. The van der Waals surface area contributed by atoms with Crippen molar-refractivity contribution in [1.29, 1.82) is 0 Å². The highest BCUT2D eigenvalue weighted by Gasteiger charge is 2.59. The van der Waals surface area contributed by atoms with Crippen molar-refractivity contribution in [3.63, 3.8) is 0 Å². The van der Waals surface area contributed by atoms with E-state index in [0.717, 1.165) is 12.8 Å². The van der Waals surface area contributed by atoms with Gasteiger partial charge in [-0.1, -0.05) is 25.2 Å². The van der Waals surface area contributed by atoms with Crippen molar-refractivity contribution in [1.82, 2.24) is 0 Å². The molecule has 1 saturated carbocycles. The van der Waals surface area contributed by atoms with Crippen LogP contribution in [0.5, 0.6) is 0 Å². The highest BCUT2D eigenvalue weighted by molar-refractivity contribution is 5.90. The van der Waals surface area contributed by atoms with Crippen LogP contribution in [0.25, 0.3) is 0 Å². The topological polar surface area (TPSA) is 26.3 Å². The Bertz CT molecular complexity index is 434. The van der Waals surface area contributed by atoms with Gasteiger partial charge in [0, 0.05) is 17.4 Å². The van der Waals surface area contributed by atoms with Gasteiger partial charge in [0.05, 0.1) is 0 Å². The predicted molar refractivity (Wildman–Crippen MR) is 70.9 cm³/mol. The summed E-state index contributed by atoms with van der Waals surface area (Å²) in [6.07, 6.45) is 8.18. The maximum Gasteiger partial charge on any atom is 0.334 e. The molecule has 18 heavy (non-hydrogen) atoms.